The Morgan fingerprint density at radius 2 is 1.82 bits per heavy atom. The quantitative estimate of drug-likeness (QED) is 0.822. The van der Waals surface area contributed by atoms with Gasteiger partial charge < -0.3 is 11.1 Å². The van der Waals surface area contributed by atoms with E-state index in [1.54, 1.807) is 6.20 Å². The van der Waals surface area contributed by atoms with Gasteiger partial charge in [0.2, 0.25) is 0 Å². The maximum absolute atomic E-state index is 5.78. The van der Waals surface area contributed by atoms with Crippen LogP contribution < -0.4 is 11.1 Å². The van der Waals surface area contributed by atoms with E-state index in [-0.39, 0.29) is 0 Å². The van der Waals surface area contributed by atoms with Gasteiger partial charge in [0.05, 0.1) is 11.9 Å². The van der Waals surface area contributed by atoms with Crippen LogP contribution in [0.4, 0.5) is 11.5 Å². The highest BCUT2D eigenvalue weighted by Crippen LogP contribution is 2.21. The van der Waals surface area contributed by atoms with E-state index in [1.165, 1.54) is 44.9 Å². The summed E-state index contributed by atoms with van der Waals surface area (Å²) in [7, 11) is 0. The highest BCUT2D eigenvalue weighted by molar-refractivity contribution is 5.51. The van der Waals surface area contributed by atoms with Gasteiger partial charge in [0.1, 0.15) is 5.82 Å². The van der Waals surface area contributed by atoms with Crippen molar-refractivity contribution in [3.63, 3.8) is 0 Å². The molecule has 0 unspecified atom stereocenters. The minimum atomic E-state index is 0.589. The average Bonchev–Trinajstić information content (AvgIpc) is 2.27. The molecule has 0 aromatic carbocycles. The molecular weight excluding hydrogens is 210 g/mol. The Hall–Kier alpha value is -1.25. The third-order valence-electron chi connectivity index (χ3n) is 3.61. The normalized spacial score (nSPS) is 18.4. The molecule has 1 fully saturated rings. The lowest BCUT2D eigenvalue weighted by molar-refractivity contribution is 0.471. The molecule has 1 aliphatic carbocycles. The third kappa shape index (κ3) is 3.62. The zero-order valence-electron chi connectivity index (χ0n) is 10.7. The first-order valence-corrected chi connectivity index (χ1v) is 6.74. The molecule has 3 nitrogen and oxygen atoms in total. The summed E-state index contributed by atoms with van der Waals surface area (Å²) >= 11 is 0. The van der Waals surface area contributed by atoms with Crippen LogP contribution in [0.5, 0.6) is 0 Å². The molecule has 0 atom stereocenters. The van der Waals surface area contributed by atoms with Crippen molar-refractivity contribution >= 4 is 11.5 Å². The van der Waals surface area contributed by atoms with Crippen molar-refractivity contribution in [2.75, 3.05) is 11.1 Å². The van der Waals surface area contributed by atoms with Crippen molar-refractivity contribution in [3.05, 3.63) is 17.8 Å². The van der Waals surface area contributed by atoms with Crippen LogP contribution >= 0.6 is 0 Å². The van der Waals surface area contributed by atoms with Crippen LogP contribution in [-0.4, -0.2) is 11.0 Å². The van der Waals surface area contributed by atoms with Gasteiger partial charge in [-0.15, -0.1) is 0 Å². The van der Waals surface area contributed by atoms with Crippen molar-refractivity contribution in [1.29, 1.82) is 0 Å². The Labute approximate surface area is 104 Å². The van der Waals surface area contributed by atoms with E-state index in [0.717, 1.165) is 17.1 Å². The molecule has 0 amide bonds. The van der Waals surface area contributed by atoms with E-state index < -0.39 is 0 Å². The smallest absolute Gasteiger partial charge is 0.126 e. The summed E-state index contributed by atoms with van der Waals surface area (Å²) in [4.78, 5) is 4.35. The highest BCUT2D eigenvalue weighted by Gasteiger charge is 2.11. The molecule has 0 saturated heterocycles. The standard InChI is InChI=1S/C14H23N3/c1-11-9-14(16-10-13(11)15)17-12-7-5-3-2-4-6-8-12/h9-10,12H,2-8,15H2,1H3,(H,16,17). The van der Waals surface area contributed by atoms with Crippen molar-refractivity contribution in [2.45, 2.75) is 57.9 Å². The molecule has 17 heavy (non-hydrogen) atoms. The van der Waals surface area contributed by atoms with Crippen LogP contribution in [0.3, 0.4) is 0 Å². The molecule has 3 N–H and O–H groups in total. The molecule has 0 bridgehead atoms. The number of nitrogens with one attached hydrogen (secondary N) is 1. The van der Waals surface area contributed by atoms with Gasteiger partial charge >= 0.3 is 0 Å². The van der Waals surface area contributed by atoms with Crippen LogP contribution in [0.2, 0.25) is 0 Å². The fourth-order valence-electron chi connectivity index (χ4n) is 2.46. The molecule has 0 aliphatic heterocycles. The van der Waals surface area contributed by atoms with Crippen LogP contribution in [-0.2, 0) is 0 Å². The van der Waals surface area contributed by atoms with Gasteiger partial charge in [-0.05, 0) is 31.4 Å². The lowest BCUT2D eigenvalue weighted by Gasteiger charge is -2.21. The number of pyridine rings is 1. The Balaban J connectivity index is 1.95. The summed E-state index contributed by atoms with van der Waals surface area (Å²) in [5.74, 6) is 0.974. The van der Waals surface area contributed by atoms with E-state index in [2.05, 4.69) is 10.3 Å². The van der Waals surface area contributed by atoms with Gasteiger partial charge in [-0.2, -0.15) is 0 Å². The molecule has 1 aliphatic rings. The summed E-state index contributed by atoms with van der Waals surface area (Å²) in [5.41, 5.74) is 7.65. The molecular formula is C14H23N3. The first-order valence-electron chi connectivity index (χ1n) is 6.74. The van der Waals surface area contributed by atoms with Crippen molar-refractivity contribution in [3.8, 4) is 0 Å². The number of hydrogen-bond acceptors (Lipinski definition) is 3. The van der Waals surface area contributed by atoms with Crippen molar-refractivity contribution in [1.82, 2.24) is 4.98 Å². The Morgan fingerprint density at radius 1 is 1.18 bits per heavy atom. The second-order valence-electron chi connectivity index (χ2n) is 5.11. The van der Waals surface area contributed by atoms with E-state index in [4.69, 9.17) is 5.73 Å². The number of aromatic nitrogens is 1. The highest BCUT2D eigenvalue weighted by atomic mass is 15.0. The van der Waals surface area contributed by atoms with Crippen LogP contribution in [0.15, 0.2) is 12.3 Å². The predicted octanol–water partition coefficient (Wildman–Crippen LogP) is 3.50. The van der Waals surface area contributed by atoms with Crippen LogP contribution in [0.1, 0.15) is 50.5 Å². The fourth-order valence-corrected chi connectivity index (χ4v) is 2.46. The average molecular weight is 233 g/mol. The van der Waals surface area contributed by atoms with E-state index in [9.17, 15) is 0 Å². The lowest BCUT2D eigenvalue weighted by atomic mass is 9.97. The maximum atomic E-state index is 5.78. The first kappa shape index (κ1) is 12.2. The van der Waals surface area contributed by atoms with Gasteiger partial charge in [-0.3, -0.25) is 0 Å². The van der Waals surface area contributed by atoms with Gasteiger partial charge in [0, 0.05) is 6.04 Å². The number of nitrogen functional groups attached to an aromatic ring is 1. The largest absolute Gasteiger partial charge is 0.397 e. The van der Waals surface area contributed by atoms with Gasteiger partial charge in [0.25, 0.3) is 0 Å². The molecule has 1 aromatic rings. The van der Waals surface area contributed by atoms with Crippen LogP contribution in [0.25, 0.3) is 0 Å². The minimum absolute atomic E-state index is 0.589. The molecule has 1 saturated carbocycles. The molecule has 2 rings (SSSR count). The molecule has 1 heterocycles. The number of nitrogens with two attached hydrogens (primary N) is 1. The Kier molecular flexibility index (Phi) is 4.24. The molecule has 1 aromatic heterocycles. The lowest BCUT2D eigenvalue weighted by Crippen LogP contribution is -2.21. The van der Waals surface area contributed by atoms with E-state index in [1.807, 2.05) is 13.0 Å². The van der Waals surface area contributed by atoms with Crippen molar-refractivity contribution < 1.29 is 0 Å². The number of hydrogen-bond donors (Lipinski definition) is 2. The summed E-state index contributed by atoms with van der Waals surface area (Å²) in [6.07, 6.45) is 11.1. The summed E-state index contributed by atoms with van der Waals surface area (Å²) in [5, 5.41) is 3.55. The topological polar surface area (TPSA) is 50.9 Å². The molecule has 3 heteroatoms. The SMILES string of the molecule is Cc1cc(NC2CCCCCCC2)ncc1N. The van der Waals surface area contributed by atoms with E-state index in [0.29, 0.717) is 6.04 Å². The minimum Gasteiger partial charge on any atom is -0.397 e. The molecule has 0 spiro atoms. The summed E-state index contributed by atoms with van der Waals surface area (Å²) < 4.78 is 0. The monoisotopic (exact) mass is 233 g/mol. The first-order chi connectivity index (χ1) is 8.25. The third-order valence-corrected chi connectivity index (χ3v) is 3.61. The second kappa shape index (κ2) is 5.89. The number of rotatable bonds is 2. The number of aryl methyl sites for hydroxylation is 1. The van der Waals surface area contributed by atoms with Gasteiger partial charge in [-0.1, -0.05) is 32.1 Å². The fraction of sp³-hybridized carbons (Fsp3) is 0.643. The maximum Gasteiger partial charge on any atom is 0.126 e. The zero-order chi connectivity index (χ0) is 12.1. The van der Waals surface area contributed by atoms with Crippen LogP contribution in [0, 0.1) is 6.92 Å². The number of anilines is 2. The summed E-state index contributed by atoms with van der Waals surface area (Å²) in [6.45, 7) is 2.03. The Bertz CT molecular complexity index is 354. The van der Waals surface area contributed by atoms with Gasteiger partial charge in [-0.25, -0.2) is 4.98 Å². The Morgan fingerprint density at radius 3 is 2.47 bits per heavy atom. The zero-order valence-corrected chi connectivity index (χ0v) is 10.7. The molecule has 0 radical (unpaired) electrons. The molecule has 94 valence electrons. The summed E-state index contributed by atoms with van der Waals surface area (Å²) in [6, 6.07) is 2.64. The van der Waals surface area contributed by atoms with Crippen molar-refractivity contribution in [2.24, 2.45) is 0 Å². The van der Waals surface area contributed by atoms with E-state index >= 15 is 0 Å². The second-order valence-corrected chi connectivity index (χ2v) is 5.11. The number of nitrogens with zero attached hydrogens (tertiary/aromatic N) is 1. The van der Waals surface area contributed by atoms with Gasteiger partial charge in [0.15, 0.2) is 0 Å². The predicted molar refractivity (Wildman–Crippen MR) is 73.1 cm³/mol.